The Morgan fingerprint density at radius 2 is 1.44 bits per heavy atom. The molecule has 8 nitrogen and oxygen atoms in total. The zero-order valence-electron chi connectivity index (χ0n) is 21.2. The summed E-state index contributed by atoms with van der Waals surface area (Å²) in [5.74, 6) is -1.21. The van der Waals surface area contributed by atoms with E-state index < -0.39 is 46.2 Å². The molecule has 41 heavy (non-hydrogen) atoms. The minimum Gasteiger partial charge on any atom is -0.508 e. The van der Waals surface area contributed by atoms with Crippen molar-refractivity contribution in [1.82, 2.24) is 0 Å². The van der Waals surface area contributed by atoms with Crippen molar-refractivity contribution in [2.75, 3.05) is 10.8 Å². The van der Waals surface area contributed by atoms with E-state index in [9.17, 15) is 36.6 Å². The Morgan fingerprint density at radius 3 is 1.95 bits per heavy atom. The number of rotatable bonds is 8. The lowest BCUT2D eigenvalue weighted by Crippen LogP contribution is -2.47. The number of carboxylic acids is 1. The predicted molar refractivity (Wildman–Crippen MR) is 146 cm³/mol. The molecule has 2 aliphatic heterocycles. The van der Waals surface area contributed by atoms with Gasteiger partial charge in [0.2, 0.25) is 10.0 Å². The van der Waals surface area contributed by atoms with Gasteiger partial charge in [-0.05, 0) is 76.7 Å². The molecule has 0 aromatic heterocycles. The maximum atomic E-state index is 14.0. The summed E-state index contributed by atoms with van der Waals surface area (Å²) >= 11 is 0. The lowest BCUT2D eigenvalue weighted by Gasteiger charge is -2.32. The molecule has 3 atom stereocenters. The number of anilines is 1. The van der Waals surface area contributed by atoms with Crippen LogP contribution in [0.4, 0.5) is 18.9 Å². The lowest BCUT2D eigenvalue weighted by atomic mass is 9.83. The highest BCUT2D eigenvalue weighted by molar-refractivity contribution is 7.93. The Kier molecular flexibility index (Phi) is 7.30. The largest absolute Gasteiger partial charge is 0.508 e. The van der Waals surface area contributed by atoms with E-state index in [1.165, 1.54) is 54.6 Å². The highest BCUT2D eigenvalue weighted by atomic mass is 32.2. The number of benzene rings is 3. The fraction of sp³-hybridized carbons (Fsp3) is 0.207. The maximum absolute atomic E-state index is 14.0. The molecule has 0 spiro atoms. The first-order valence-corrected chi connectivity index (χ1v) is 13.9. The van der Waals surface area contributed by atoms with Gasteiger partial charge in [0, 0.05) is 6.08 Å². The highest BCUT2D eigenvalue weighted by Gasteiger charge is 2.55. The monoisotopic (exact) mass is 587 g/mol. The lowest BCUT2D eigenvalue weighted by molar-refractivity contribution is -0.131. The molecular formula is C29H24F3NO7S. The average molecular weight is 588 g/mol. The summed E-state index contributed by atoms with van der Waals surface area (Å²) in [4.78, 5) is 10.8. The minimum atomic E-state index is -4.86. The molecule has 1 fully saturated rings. The number of alkyl halides is 3. The van der Waals surface area contributed by atoms with Gasteiger partial charge in [-0.2, -0.15) is 13.2 Å². The molecule has 2 bridgehead atoms. The van der Waals surface area contributed by atoms with Gasteiger partial charge in [-0.15, -0.1) is 0 Å². The van der Waals surface area contributed by atoms with Crippen LogP contribution >= 0.6 is 0 Å². The summed E-state index contributed by atoms with van der Waals surface area (Å²) in [6.07, 6.45) is -4.72. The molecule has 3 N–H and O–H groups in total. The molecule has 3 aromatic rings. The van der Waals surface area contributed by atoms with Crippen LogP contribution in [0.15, 0.2) is 78.9 Å². The van der Waals surface area contributed by atoms with Crippen molar-refractivity contribution < 1.29 is 46.4 Å². The van der Waals surface area contributed by atoms with Gasteiger partial charge in [0.05, 0.1) is 11.8 Å². The molecule has 12 heteroatoms. The quantitative estimate of drug-likeness (QED) is 0.315. The zero-order chi connectivity index (χ0) is 29.5. The van der Waals surface area contributed by atoms with Crippen LogP contribution in [0.5, 0.6) is 11.5 Å². The number of aromatic hydroxyl groups is 2. The van der Waals surface area contributed by atoms with Gasteiger partial charge in [-0.25, -0.2) is 13.2 Å². The van der Waals surface area contributed by atoms with Crippen molar-refractivity contribution in [2.45, 2.75) is 30.1 Å². The third-order valence-corrected chi connectivity index (χ3v) is 9.12. The van der Waals surface area contributed by atoms with E-state index in [-0.39, 0.29) is 23.6 Å². The fourth-order valence-corrected chi connectivity index (χ4v) is 7.22. The summed E-state index contributed by atoms with van der Waals surface area (Å²) < 4.78 is 75.5. The van der Waals surface area contributed by atoms with Crippen molar-refractivity contribution in [3.05, 3.63) is 95.6 Å². The number of hydrogen-bond acceptors (Lipinski definition) is 6. The van der Waals surface area contributed by atoms with Crippen molar-refractivity contribution in [2.24, 2.45) is 0 Å². The van der Waals surface area contributed by atoms with Crippen LogP contribution in [0.2, 0.25) is 0 Å². The van der Waals surface area contributed by atoms with Crippen LogP contribution in [0.3, 0.4) is 0 Å². The molecule has 214 valence electrons. The second-order valence-electron chi connectivity index (χ2n) is 9.67. The number of aliphatic carboxylic acids is 1. The van der Waals surface area contributed by atoms with E-state index in [0.29, 0.717) is 32.1 Å². The number of carboxylic acid groups (broad SMARTS) is 1. The van der Waals surface area contributed by atoms with E-state index in [4.69, 9.17) is 9.84 Å². The van der Waals surface area contributed by atoms with Crippen LogP contribution in [-0.2, 0) is 19.6 Å². The molecule has 5 rings (SSSR count). The number of nitrogens with zero attached hydrogens (tertiary/aromatic N) is 1. The third-order valence-electron chi connectivity index (χ3n) is 6.96. The summed E-state index contributed by atoms with van der Waals surface area (Å²) in [5, 5.41) is 27.0. The Balaban J connectivity index is 1.57. The normalized spacial score (nSPS) is 20.6. The van der Waals surface area contributed by atoms with Gasteiger partial charge in [0.15, 0.2) is 0 Å². The van der Waals surface area contributed by atoms with Crippen LogP contribution in [-0.4, -0.2) is 59.9 Å². The van der Waals surface area contributed by atoms with Crippen molar-refractivity contribution in [3.8, 4) is 11.5 Å². The SMILES string of the molecule is O=C(O)/C=C/c1ccc(N(CC(F)(F)F)S(=O)(=O)[C@@H]2C[C@@H]3O[C@H]2C(c2ccc(O)cc2)=C3c2ccc(O)cc2)cc1. The van der Waals surface area contributed by atoms with Crippen LogP contribution < -0.4 is 4.31 Å². The molecule has 0 radical (unpaired) electrons. The Morgan fingerprint density at radius 1 is 0.902 bits per heavy atom. The number of hydrogen-bond donors (Lipinski definition) is 3. The van der Waals surface area contributed by atoms with E-state index in [2.05, 4.69) is 0 Å². The van der Waals surface area contributed by atoms with Crippen LogP contribution in [0.25, 0.3) is 17.2 Å². The van der Waals surface area contributed by atoms with Crippen molar-refractivity contribution in [1.29, 1.82) is 0 Å². The number of phenolic OH excluding ortho intramolecular Hbond substituents is 2. The fourth-order valence-electron chi connectivity index (χ4n) is 5.22. The first kappa shape index (κ1) is 28.2. The first-order chi connectivity index (χ1) is 19.3. The molecule has 0 aliphatic carbocycles. The molecular weight excluding hydrogens is 563 g/mol. The highest BCUT2D eigenvalue weighted by Crippen LogP contribution is 2.51. The van der Waals surface area contributed by atoms with E-state index in [0.717, 1.165) is 6.08 Å². The second-order valence-corrected chi connectivity index (χ2v) is 11.7. The van der Waals surface area contributed by atoms with Gasteiger partial charge in [-0.3, -0.25) is 4.31 Å². The van der Waals surface area contributed by atoms with Gasteiger partial charge < -0.3 is 20.1 Å². The van der Waals surface area contributed by atoms with Crippen molar-refractivity contribution >= 4 is 38.9 Å². The average Bonchev–Trinajstić information content (AvgIpc) is 3.51. The van der Waals surface area contributed by atoms with Crippen LogP contribution in [0.1, 0.15) is 23.1 Å². The minimum absolute atomic E-state index is 0.0215. The maximum Gasteiger partial charge on any atom is 0.407 e. The number of carbonyl (C=O) groups is 1. The Labute approximate surface area is 233 Å². The number of phenols is 2. The molecule has 0 amide bonds. The van der Waals surface area contributed by atoms with Gasteiger partial charge in [0.25, 0.3) is 0 Å². The van der Waals surface area contributed by atoms with Gasteiger partial charge >= 0.3 is 12.1 Å². The third kappa shape index (κ3) is 5.79. The topological polar surface area (TPSA) is 124 Å². The molecule has 3 aromatic carbocycles. The second kappa shape index (κ2) is 10.6. The number of halogens is 3. The van der Waals surface area contributed by atoms with Gasteiger partial charge in [0.1, 0.15) is 29.4 Å². The Hall–Kier alpha value is -4.29. The molecule has 2 aliphatic rings. The van der Waals surface area contributed by atoms with Crippen LogP contribution in [0, 0.1) is 0 Å². The van der Waals surface area contributed by atoms with Gasteiger partial charge in [-0.1, -0.05) is 36.4 Å². The molecule has 1 saturated heterocycles. The smallest absolute Gasteiger partial charge is 0.407 e. The molecule has 0 unspecified atom stereocenters. The summed E-state index contributed by atoms with van der Waals surface area (Å²) in [6.45, 7) is -1.77. The number of fused-ring (bicyclic) bond motifs is 2. The number of ether oxygens (including phenoxy) is 1. The standard InChI is InChI=1S/C29H24F3NO7S/c30-29(31,32)16-33(20-8-1-17(2-9-20)3-14-25(36)37)41(38,39)24-15-23-26(18-4-10-21(34)11-5-18)27(28(24)40-23)19-6-12-22(35)13-7-19/h1-14,23-24,28,34-35H,15-16H2,(H,36,37)/b14-3+/t23-,24+,28+/m0/s1. The molecule has 2 heterocycles. The van der Waals surface area contributed by atoms with E-state index in [1.807, 2.05) is 0 Å². The van der Waals surface area contributed by atoms with E-state index in [1.54, 1.807) is 24.3 Å². The summed E-state index contributed by atoms with van der Waals surface area (Å²) in [5.41, 5.74) is 2.46. The summed E-state index contributed by atoms with van der Waals surface area (Å²) in [7, 11) is -4.67. The Bertz CT molecular complexity index is 1610. The zero-order valence-corrected chi connectivity index (χ0v) is 22.0. The van der Waals surface area contributed by atoms with E-state index >= 15 is 0 Å². The predicted octanol–water partition coefficient (Wildman–Crippen LogP) is 5.04. The number of sulfonamides is 1. The summed E-state index contributed by atoms with van der Waals surface area (Å²) in [6, 6.07) is 17.3. The van der Waals surface area contributed by atoms with Crippen molar-refractivity contribution in [3.63, 3.8) is 0 Å². The molecule has 0 saturated carbocycles. The first-order valence-electron chi connectivity index (χ1n) is 12.4.